The van der Waals surface area contributed by atoms with Gasteiger partial charge in [-0.25, -0.2) is 0 Å². The maximum absolute atomic E-state index is 8.38. The van der Waals surface area contributed by atoms with Crippen LogP contribution in [0.25, 0.3) is 5.57 Å². The lowest BCUT2D eigenvalue weighted by Gasteiger charge is -2.25. The van der Waals surface area contributed by atoms with E-state index in [0.29, 0.717) is 5.71 Å². The fourth-order valence-electron chi connectivity index (χ4n) is 3.28. The number of rotatable bonds is 1. The summed E-state index contributed by atoms with van der Waals surface area (Å²) in [5.74, 6) is 0. The molecule has 0 fully saturated rings. The molecule has 0 aromatic heterocycles. The fraction of sp³-hybridized carbons (Fsp3) is 0.333. The summed E-state index contributed by atoms with van der Waals surface area (Å²) in [5, 5.41) is 16.6. The van der Waals surface area contributed by atoms with Crippen molar-refractivity contribution in [1.82, 2.24) is 0 Å². The Bertz CT molecular complexity index is 914. The van der Waals surface area contributed by atoms with Crippen molar-refractivity contribution in [2.75, 3.05) is 0 Å². The van der Waals surface area contributed by atoms with Crippen LogP contribution in [0, 0.1) is 10.8 Å². The van der Waals surface area contributed by atoms with Gasteiger partial charge in [0.15, 0.2) is 0 Å². The molecule has 0 saturated heterocycles. The molecule has 0 aliphatic heterocycles. The molecule has 0 amide bonds. The van der Waals surface area contributed by atoms with Gasteiger partial charge in [0.1, 0.15) is 0 Å². The third-order valence-corrected chi connectivity index (χ3v) is 5.07. The zero-order chi connectivity index (χ0) is 19.3. The first-order valence-corrected chi connectivity index (χ1v) is 9.14. The first-order chi connectivity index (χ1) is 12.0. The second-order valence-corrected chi connectivity index (χ2v) is 9.18. The van der Waals surface area contributed by atoms with Crippen molar-refractivity contribution in [2.45, 2.75) is 52.4 Å². The Hall–Kier alpha value is -2.48. The fourth-order valence-corrected chi connectivity index (χ4v) is 3.28. The molecular formula is C24H28N2. The van der Waals surface area contributed by atoms with E-state index in [1.165, 1.54) is 11.1 Å². The number of hydrogen-bond donors (Lipinski definition) is 2. The summed E-state index contributed by atoms with van der Waals surface area (Å²) >= 11 is 0. The van der Waals surface area contributed by atoms with Crippen molar-refractivity contribution in [3.05, 3.63) is 76.4 Å². The number of nitrogens with one attached hydrogen (secondary N) is 2. The standard InChI is InChI=1S/C24H28N2/c1-23(2,3)16-9-7-15(8-10-16)19-14-21(25)22(26)20-13-17(24(4,5)6)11-12-18(19)20/h7-14,25-26H,1-6H3. The van der Waals surface area contributed by atoms with Crippen molar-refractivity contribution in [3.8, 4) is 0 Å². The van der Waals surface area contributed by atoms with E-state index in [2.05, 4.69) is 84.0 Å². The summed E-state index contributed by atoms with van der Waals surface area (Å²) in [6.45, 7) is 13.2. The zero-order valence-electron chi connectivity index (χ0n) is 16.6. The summed E-state index contributed by atoms with van der Waals surface area (Å²) in [4.78, 5) is 0. The quantitative estimate of drug-likeness (QED) is 0.626. The second kappa shape index (κ2) is 6.05. The number of benzene rings is 2. The van der Waals surface area contributed by atoms with E-state index < -0.39 is 0 Å². The first-order valence-electron chi connectivity index (χ1n) is 9.14. The highest BCUT2D eigenvalue weighted by atomic mass is 14.5. The van der Waals surface area contributed by atoms with Gasteiger partial charge in [-0.2, -0.15) is 0 Å². The predicted molar refractivity (Wildman–Crippen MR) is 112 cm³/mol. The molecule has 0 heterocycles. The van der Waals surface area contributed by atoms with Gasteiger partial charge in [-0.15, -0.1) is 0 Å². The lowest BCUT2D eigenvalue weighted by atomic mass is 9.79. The van der Waals surface area contributed by atoms with E-state index in [4.69, 9.17) is 10.8 Å². The highest BCUT2D eigenvalue weighted by Crippen LogP contribution is 2.34. The van der Waals surface area contributed by atoms with Crippen molar-refractivity contribution < 1.29 is 0 Å². The van der Waals surface area contributed by atoms with Gasteiger partial charge in [0.2, 0.25) is 0 Å². The molecule has 1 aliphatic rings. The van der Waals surface area contributed by atoms with Gasteiger partial charge in [0, 0.05) is 5.56 Å². The Kier molecular flexibility index (Phi) is 4.26. The molecule has 0 spiro atoms. The van der Waals surface area contributed by atoms with Crippen molar-refractivity contribution in [3.63, 3.8) is 0 Å². The molecule has 0 saturated carbocycles. The van der Waals surface area contributed by atoms with Crippen LogP contribution in [0.15, 0.2) is 48.5 Å². The molecule has 3 rings (SSSR count). The van der Waals surface area contributed by atoms with Gasteiger partial charge in [-0.1, -0.05) is 77.9 Å². The predicted octanol–water partition coefficient (Wildman–Crippen LogP) is 6.11. The molecule has 1 aliphatic carbocycles. The number of hydrogen-bond acceptors (Lipinski definition) is 2. The minimum Gasteiger partial charge on any atom is -0.299 e. The van der Waals surface area contributed by atoms with E-state index >= 15 is 0 Å². The van der Waals surface area contributed by atoms with Crippen molar-refractivity contribution in [2.24, 2.45) is 0 Å². The summed E-state index contributed by atoms with van der Waals surface area (Å²) in [5.41, 5.74) is 7.24. The Morgan fingerprint density at radius 2 is 1.19 bits per heavy atom. The zero-order valence-corrected chi connectivity index (χ0v) is 16.6. The lowest BCUT2D eigenvalue weighted by Crippen LogP contribution is -2.21. The summed E-state index contributed by atoms with van der Waals surface area (Å²) in [6.07, 6.45) is 1.83. The molecule has 2 N–H and O–H groups in total. The van der Waals surface area contributed by atoms with Crippen LogP contribution < -0.4 is 0 Å². The second-order valence-electron chi connectivity index (χ2n) is 9.18. The number of allylic oxidation sites excluding steroid dienone is 1. The monoisotopic (exact) mass is 344 g/mol. The molecule has 2 nitrogen and oxygen atoms in total. The van der Waals surface area contributed by atoms with E-state index in [1.54, 1.807) is 0 Å². The SMILES string of the molecule is CC(C)(C)c1ccc(C2=CC(=N)C(=N)c3cc(C(C)(C)C)ccc32)cc1. The smallest absolute Gasteiger partial charge is 0.0868 e. The van der Waals surface area contributed by atoms with Gasteiger partial charge in [0.25, 0.3) is 0 Å². The van der Waals surface area contributed by atoms with Gasteiger partial charge < -0.3 is 0 Å². The van der Waals surface area contributed by atoms with Crippen LogP contribution in [0.4, 0.5) is 0 Å². The summed E-state index contributed by atoms with van der Waals surface area (Å²) < 4.78 is 0. The van der Waals surface area contributed by atoms with E-state index in [-0.39, 0.29) is 16.5 Å². The maximum atomic E-state index is 8.38. The highest BCUT2D eigenvalue weighted by molar-refractivity contribution is 6.53. The van der Waals surface area contributed by atoms with Crippen LogP contribution in [0.1, 0.15) is 69.4 Å². The molecule has 26 heavy (non-hydrogen) atoms. The van der Waals surface area contributed by atoms with Crippen LogP contribution >= 0.6 is 0 Å². The topological polar surface area (TPSA) is 47.7 Å². The molecular weight excluding hydrogens is 316 g/mol. The molecule has 0 radical (unpaired) electrons. The minimum absolute atomic E-state index is 0.0210. The minimum atomic E-state index is 0.0210. The van der Waals surface area contributed by atoms with E-state index in [0.717, 1.165) is 22.3 Å². The summed E-state index contributed by atoms with van der Waals surface area (Å²) in [6, 6.07) is 15.0. The average molecular weight is 345 g/mol. The third kappa shape index (κ3) is 3.29. The Labute approximate surface area is 157 Å². The Balaban J connectivity index is 2.12. The van der Waals surface area contributed by atoms with Crippen molar-refractivity contribution in [1.29, 1.82) is 10.8 Å². The Morgan fingerprint density at radius 1 is 0.654 bits per heavy atom. The molecule has 0 bridgehead atoms. The molecule has 134 valence electrons. The lowest BCUT2D eigenvalue weighted by molar-refractivity contribution is 0.590. The van der Waals surface area contributed by atoms with Gasteiger partial charge in [-0.3, -0.25) is 10.8 Å². The van der Waals surface area contributed by atoms with Crippen LogP contribution in [0.5, 0.6) is 0 Å². The molecule has 0 atom stereocenters. The normalized spacial score (nSPS) is 14.9. The van der Waals surface area contributed by atoms with Crippen LogP contribution in [-0.4, -0.2) is 11.4 Å². The first kappa shape index (κ1) is 18.3. The van der Waals surface area contributed by atoms with Gasteiger partial charge >= 0.3 is 0 Å². The maximum Gasteiger partial charge on any atom is 0.0868 e. The molecule has 2 heteroatoms. The molecule has 2 aromatic rings. The third-order valence-electron chi connectivity index (χ3n) is 5.07. The highest BCUT2D eigenvalue weighted by Gasteiger charge is 2.24. The van der Waals surface area contributed by atoms with Crippen LogP contribution in [-0.2, 0) is 10.8 Å². The molecule has 2 aromatic carbocycles. The van der Waals surface area contributed by atoms with Gasteiger partial charge in [0.05, 0.1) is 11.4 Å². The molecule has 0 unspecified atom stereocenters. The van der Waals surface area contributed by atoms with Gasteiger partial charge in [-0.05, 0) is 50.8 Å². The number of fused-ring (bicyclic) bond motifs is 1. The largest absolute Gasteiger partial charge is 0.299 e. The van der Waals surface area contributed by atoms with Crippen LogP contribution in [0.3, 0.4) is 0 Å². The average Bonchev–Trinajstić information content (AvgIpc) is 2.56. The van der Waals surface area contributed by atoms with E-state index in [1.807, 2.05) is 6.08 Å². The summed E-state index contributed by atoms with van der Waals surface area (Å²) in [7, 11) is 0. The van der Waals surface area contributed by atoms with Crippen molar-refractivity contribution >= 4 is 17.0 Å². The van der Waals surface area contributed by atoms with E-state index in [9.17, 15) is 0 Å². The van der Waals surface area contributed by atoms with Crippen LogP contribution in [0.2, 0.25) is 0 Å². The Morgan fingerprint density at radius 3 is 1.73 bits per heavy atom.